The van der Waals surface area contributed by atoms with Gasteiger partial charge in [0.1, 0.15) is 11.3 Å². The van der Waals surface area contributed by atoms with Crippen molar-refractivity contribution in [2.24, 2.45) is 4.99 Å². The normalized spacial score (nSPS) is 11.3. The summed E-state index contributed by atoms with van der Waals surface area (Å²) in [5.41, 5.74) is 3.05. The molecule has 8 heteroatoms. The van der Waals surface area contributed by atoms with Crippen LogP contribution < -0.4 is 15.5 Å². The third-order valence-corrected chi connectivity index (χ3v) is 5.08. The summed E-state index contributed by atoms with van der Waals surface area (Å²) >= 11 is 1.63. The van der Waals surface area contributed by atoms with Crippen molar-refractivity contribution < 1.29 is 4.42 Å². The van der Waals surface area contributed by atoms with Crippen LogP contribution in [-0.4, -0.2) is 31.6 Å². The fraction of sp³-hybridized carbons (Fsp3) is 0.368. The van der Waals surface area contributed by atoms with Crippen molar-refractivity contribution >= 4 is 57.4 Å². The van der Waals surface area contributed by atoms with Gasteiger partial charge in [-0.15, -0.1) is 35.3 Å². The number of rotatable bonds is 6. The molecule has 146 valence electrons. The summed E-state index contributed by atoms with van der Waals surface area (Å²) in [6.45, 7) is 6.07. The molecule has 0 aliphatic carbocycles. The van der Waals surface area contributed by atoms with Crippen molar-refractivity contribution in [2.45, 2.75) is 26.9 Å². The number of furan rings is 1. The topological polar surface area (TPSA) is 65.7 Å². The molecule has 2 N–H and O–H groups in total. The van der Waals surface area contributed by atoms with E-state index in [2.05, 4.69) is 40.5 Å². The van der Waals surface area contributed by atoms with E-state index < -0.39 is 0 Å². The van der Waals surface area contributed by atoms with Gasteiger partial charge in [-0.25, -0.2) is 9.98 Å². The maximum absolute atomic E-state index is 5.96. The molecule has 0 saturated carbocycles. The second kappa shape index (κ2) is 9.93. The molecule has 1 aromatic carbocycles. The third kappa shape index (κ3) is 5.35. The smallest absolute Gasteiger partial charge is 0.192 e. The molecule has 0 spiro atoms. The lowest BCUT2D eigenvalue weighted by Crippen LogP contribution is -2.36. The predicted molar refractivity (Wildman–Crippen MR) is 124 cm³/mol. The molecule has 0 fully saturated rings. The van der Waals surface area contributed by atoms with Crippen molar-refractivity contribution in [3.63, 3.8) is 0 Å². The maximum atomic E-state index is 5.96. The molecule has 0 aliphatic heterocycles. The van der Waals surface area contributed by atoms with Gasteiger partial charge in [0.15, 0.2) is 11.1 Å². The summed E-state index contributed by atoms with van der Waals surface area (Å²) in [5, 5.41) is 10.8. The lowest BCUT2D eigenvalue weighted by molar-refractivity contribution is 0.534. The van der Waals surface area contributed by atoms with Crippen molar-refractivity contribution in [3.05, 3.63) is 46.7 Å². The number of aromatic nitrogens is 1. The van der Waals surface area contributed by atoms with Gasteiger partial charge >= 0.3 is 0 Å². The van der Waals surface area contributed by atoms with Crippen LogP contribution in [0.25, 0.3) is 11.0 Å². The van der Waals surface area contributed by atoms with Gasteiger partial charge in [-0.2, -0.15) is 0 Å². The van der Waals surface area contributed by atoms with E-state index in [4.69, 9.17) is 4.42 Å². The number of hydrogen-bond acceptors (Lipinski definition) is 5. The van der Waals surface area contributed by atoms with Crippen LogP contribution in [0.1, 0.15) is 23.9 Å². The molecule has 0 bridgehead atoms. The van der Waals surface area contributed by atoms with Crippen LogP contribution >= 0.6 is 35.3 Å². The van der Waals surface area contributed by atoms with Gasteiger partial charge in [0.25, 0.3) is 0 Å². The molecule has 2 heterocycles. The van der Waals surface area contributed by atoms with E-state index in [-0.39, 0.29) is 24.0 Å². The second-order valence-corrected chi connectivity index (χ2v) is 7.05. The van der Waals surface area contributed by atoms with Crippen molar-refractivity contribution in [1.82, 2.24) is 15.6 Å². The van der Waals surface area contributed by atoms with E-state index in [9.17, 15) is 0 Å². The zero-order chi connectivity index (χ0) is 18.5. The van der Waals surface area contributed by atoms with E-state index in [1.807, 2.05) is 42.6 Å². The zero-order valence-corrected chi connectivity index (χ0v) is 19.2. The van der Waals surface area contributed by atoms with Crippen molar-refractivity contribution in [2.75, 3.05) is 25.5 Å². The number of nitrogens with zero attached hydrogens (tertiary/aromatic N) is 3. The first-order chi connectivity index (χ1) is 12.6. The quantitative estimate of drug-likeness (QED) is 0.303. The lowest BCUT2D eigenvalue weighted by atomic mass is 10.1. The average Bonchev–Trinajstić information content (AvgIpc) is 3.23. The number of thiazole rings is 1. The van der Waals surface area contributed by atoms with Crippen LogP contribution in [0, 0.1) is 6.92 Å². The van der Waals surface area contributed by atoms with E-state index in [0.29, 0.717) is 13.1 Å². The monoisotopic (exact) mass is 499 g/mol. The number of hydrogen-bond donors (Lipinski definition) is 2. The number of aryl methyl sites for hydroxylation is 1. The van der Waals surface area contributed by atoms with E-state index in [1.165, 1.54) is 5.56 Å². The van der Waals surface area contributed by atoms with Gasteiger partial charge in [0.2, 0.25) is 0 Å². The Morgan fingerprint density at radius 1 is 1.26 bits per heavy atom. The third-order valence-electron chi connectivity index (χ3n) is 4.02. The predicted octanol–water partition coefficient (Wildman–Crippen LogP) is 4.14. The van der Waals surface area contributed by atoms with Gasteiger partial charge in [-0.1, -0.05) is 18.2 Å². The first-order valence-electron chi connectivity index (χ1n) is 8.69. The number of benzene rings is 1. The van der Waals surface area contributed by atoms with E-state index in [1.54, 1.807) is 11.3 Å². The van der Waals surface area contributed by atoms with Crippen LogP contribution in [0.5, 0.6) is 0 Å². The Morgan fingerprint density at radius 3 is 2.70 bits per heavy atom. The number of fused-ring (bicyclic) bond motifs is 1. The molecular weight excluding hydrogens is 473 g/mol. The van der Waals surface area contributed by atoms with Crippen molar-refractivity contribution in [1.29, 1.82) is 0 Å². The average molecular weight is 499 g/mol. The molecule has 0 unspecified atom stereocenters. The SMILES string of the molecule is CCNC(=NCc1csc(N(C)C)n1)NCc1oc2ccccc2c1C.I. The number of anilines is 1. The first kappa shape index (κ1) is 21.5. The summed E-state index contributed by atoms with van der Waals surface area (Å²) in [6, 6.07) is 8.10. The molecule has 0 amide bonds. The van der Waals surface area contributed by atoms with Crippen LogP contribution in [0.2, 0.25) is 0 Å². The number of aliphatic imine (C=N–C) groups is 1. The van der Waals surface area contributed by atoms with E-state index >= 15 is 0 Å². The Labute approximate surface area is 181 Å². The summed E-state index contributed by atoms with van der Waals surface area (Å²) in [6.07, 6.45) is 0. The minimum atomic E-state index is 0. The Morgan fingerprint density at radius 2 is 2.04 bits per heavy atom. The zero-order valence-electron chi connectivity index (χ0n) is 16.1. The summed E-state index contributed by atoms with van der Waals surface area (Å²) in [7, 11) is 3.99. The molecular formula is C19H26IN5OS. The Balaban J connectivity index is 0.00000261. The number of halogens is 1. The number of nitrogens with one attached hydrogen (secondary N) is 2. The molecule has 2 aromatic heterocycles. The summed E-state index contributed by atoms with van der Waals surface area (Å²) < 4.78 is 5.96. The summed E-state index contributed by atoms with van der Waals surface area (Å²) in [5.74, 6) is 1.69. The largest absolute Gasteiger partial charge is 0.459 e. The number of para-hydroxylation sites is 1. The van der Waals surface area contributed by atoms with Crippen LogP contribution in [0.4, 0.5) is 5.13 Å². The second-order valence-electron chi connectivity index (χ2n) is 6.21. The van der Waals surface area contributed by atoms with Crippen LogP contribution in [-0.2, 0) is 13.1 Å². The highest BCUT2D eigenvalue weighted by Gasteiger charge is 2.10. The highest BCUT2D eigenvalue weighted by molar-refractivity contribution is 14.0. The Hall–Kier alpha value is -1.81. The van der Waals surface area contributed by atoms with Gasteiger partial charge in [0.05, 0.1) is 18.8 Å². The maximum Gasteiger partial charge on any atom is 0.192 e. The molecule has 0 aliphatic rings. The highest BCUT2D eigenvalue weighted by atomic mass is 127. The first-order valence-corrected chi connectivity index (χ1v) is 9.57. The standard InChI is InChI=1S/C19H25N5OS.HI/c1-5-20-18(21-10-14-12-26-19(23-14)24(3)4)22-11-17-13(2)15-8-6-7-9-16(15)25-17;/h6-9,12H,5,10-11H2,1-4H3,(H2,20,21,22);1H. The molecule has 27 heavy (non-hydrogen) atoms. The van der Waals surface area contributed by atoms with Gasteiger partial charge in [0, 0.05) is 37.0 Å². The molecule has 0 saturated heterocycles. The van der Waals surface area contributed by atoms with Gasteiger partial charge < -0.3 is 20.0 Å². The summed E-state index contributed by atoms with van der Waals surface area (Å²) in [4.78, 5) is 11.2. The Kier molecular flexibility index (Phi) is 7.91. The highest BCUT2D eigenvalue weighted by Crippen LogP contribution is 2.24. The molecule has 0 radical (unpaired) electrons. The van der Waals surface area contributed by atoms with E-state index in [0.717, 1.165) is 40.1 Å². The fourth-order valence-electron chi connectivity index (χ4n) is 2.63. The van der Waals surface area contributed by atoms with Crippen molar-refractivity contribution in [3.8, 4) is 0 Å². The van der Waals surface area contributed by atoms with Crippen LogP contribution in [0.15, 0.2) is 39.1 Å². The fourth-order valence-corrected chi connectivity index (χ4v) is 3.38. The lowest BCUT2D eigenvalue weighted by Gasteiger charge is -2.10. The molecule has 3 aromatic rings. The van der Waals surface area contributed by atoms with Gasteiger partial charge in [-0.3, -0.25) is 0 Å². The molecule has 3 rings (SSSR count). The van der Waals surface area contributed by atoms with Crippen LogP contribution in [0.3, 0.4) is 0 Å². The molecule has 6 nitrogen and oxygen atoms in total. The molecule has 0 atom stereocenters. The number of guanidine groups is 1. The minimum Gasteiger partial charge on any atom is -0.459 e. The van der Waals surface area contributed by atoms with Gasteiger partial charge in [-0.05, 0) is 19.9 Å². The minimum absolute atomic E-state index is 0. The Bertz CT molecular complexity index is 903.